The van der Waals surface area contributed by atoms with E-state index in [1.54, 1.807) is 0 Å². The number of halogens is 1. The Kier molecular flexibility index (Phi) is 3.89. The molecule has 0 aliphatic heterocycles. The highest BCUT2D eigenvalue weighted by molar-refractivity contribution is 9.10. The fourth-order valence-electron chi connectivity index (χ4n) is 2.63. The molecule has 1 aromatic carbocycles. The van der Waals surface area contributed by atoms with Gasteiger partial charge in [-0.25, -0.2) is 0 Å². The van der Waals surface area contributed by atoms with Gasteiger partial charge in [-0.2, -0.15) is 4.98 Å². The van der Waals surface area contributed by atoms with Crippen molar-refractivity contribution in [2.24, 2.45) is 0 Å². The average Bonchev–Trinajstić information content (AvgIpc) is 2.89. The maximum Gasteiger partial charge on any atom is 0.230 e. The molecule has 0 saturated heterocycles. The number of hydrogen-bond acceptors (Lipinski definition) is 4. The van der Waals surface area contributed by atoms with Crippen LogP contribution in [0.2, 0.25) is 0 Å². The molecule has 0 amide bonds. The minimum atomic E-state index is -0.167. The van der Waals surface area contributed by atoms with Gasteiger partial charge >= 0.3 is 0 Å². The van der Waals surface area contributed by atoms with E-state index in [0.29, 0.717) is 11.7 Å². The summed E-state index contributed by atoms with van der Waals surface area (Å²) in [5.74, 6) is 1.60. The van der Waals surface area contributed by atoms with Crippen LogP contribution in [-0.4, -0.2) is 21.4 Å². The van der Waals surface area contributed by atoms with Crippen molar-refractivity contribution in [1.29, 1.82) is 0 Å². The zero-order valence-electron chi connectivity index (χ0n) is 11.3. The number of hydrogen-bond donors (Lipinski definition) is 1. The Bertz CT molecular complexity index is 604. The summed E-state index contributed by atoms with van der Waals surface area (Å²) < 4.78 is 6.39. The van der Waals surface area contributed by atoms with E-state index >= 15 is 0 Å². The lowest BCUT2D eigenvalue weighted by Crippen LogP contribution is -2.17. The van der Waals surface area contributed by atoms with Crippen LogP contribution in [0.4, 0.5) is 0 Å². The van der Waals surface area contributed by atoms with Crippen LogP contribution >= 0.6 is 15.9 Å². The molecule has 0 atom stereocenters. The third-order valence-corrected chi connectivity index (χ3v) is 4.51. The molecule has 1 fully saturated rings. The van der Waals surface area contributed by atoms with Crippen molar-refractivity contribution in [2.45, 2.75) is 44.6 Å². The Hall–Kier alpha value is -1.20. The molecule has 1 N–H and O–H groups in total. The van der Waals surface area contributed by atoms with Crippen molar-refractivity contribution in [2.75, 3.05) is 0 Å². The van der Waals surface area contributed by atoms with Crippen LogP contribution in [0.25, 0.3) is 11.4 Å². The van der Waals surface area contributed by atoms with Crippen LogP contribution < -0.4 is 0 Å². The van der Waals surface area contributed by atoms with Crippen LogP contribution in [-0.2, 0) is 0 Å². The molecule has 5 heteroatoms. The van der Waals surface area contributed by atoms with E-state index in [9.17, 15) is 5.11 Å². The van der Waals surface area contributed by atoms with Gasteiger partial charge in [0.15, 0.2) is 0 Å². The van der Waals surface area contributed by atoms with Gasteiger partial charge < -0.3 is 9.63 Å². The molecule has 0 spiro atoms. The fourth-order valence-corrected chi connectivity index (χ4v) is 3.31. The van der Waals surface area contributed by atoms with E-state index in [4.69, 9.17) is 4.52 Å². The molecule has 0 bridgehead atoms. The van der Waals surface area contributed by atoms with Gasteiger partial charge in [0.1, 0.15) is 0 Å². The van der Waals surface area contributed by atoms with E-state index < -0.39 is 0 Å². The van der Waals surface area contributed by atoms with Crippen LogP contribution in [0.15, 0.2) is 27.2 Å². The highest BCUT2D eigenvalue weighted by Crippen LogP contribution is 2.34. The zero-order valence-corrected chi connectivity index (χ0v) is 12.9. The van der Waals surface area contributed by atoms with Gasteiger partial charge in [0.05, 0.1) is 6.10 Å². The first-order valence-corrected chi connectivity index (χ1v) is 7.71. The van der Waals surface area contributed by atoms with Gasteiger partial charge in [0.2, 0.25) is 11.7 Å². The third kappa shape index (κ3) is 2.79. The number of aliphatic hydroxyl groups is 1. The first kappa shape index (κ1) is 13.8. The van der Waals surface area contributed by atoms with Gasteiger partial charge in [0.25, 0.3) is 0 Å². The second-order valence-corrected chi connectivity index (χ2v) is 6.30. The molecule has 1 aliphatic carbocycles. The van der Waals surface area contributed by atoms with Gasteiger partial charge in [-0.15, -0.1) is 0 Å². The SMILES string of the molecule is Cc1ccc(-c2noc(C3CCC(O)CC3)n2)c(Br)c1. The summed E-state index contributed by atoms with van der Waals surface area (Å²) in [6.07, 6.45) is 3.29. The maximum atomic E-state index is 9.55. The summed E-state index contributed by atoms with van der Waals surface area (Å²) in [6.45, 7) is 2.05. The number of aromatic nitrogens is 2. The van der Waals surface area contributed by atoms with Crippen molar-refractivity contribution >= 4 is 15.9 Å². The second kappa shape index (κ2) is 5.66. The number of rotatable bonds is 2. The average molecular weight is 337 g/mol. The van der Waals surface area contributed by atoms with E-state index in [0.717, 1.165) is 35.7 Å². The Morgan fingerprint density at radius 2 is 2.00 bits per heavy atom. The highest BCUT2D eigenvalue weighted by atomic mass is 79.9. The number of aliphatic hydroxyl groups excluding tert-OH is 1. The quantitative estimate of drug-likeness (QED) is 0.905. The molecule has 1 heterocycles. The first-order valence-electron chi connectivity index (χ1n) is 6.91. The van der Waals surface area contributed by atoms with Crippen molar-refractivity contribution in [3.63, 3.8) is 0 Å². The molecular formula is C15H17BrN2O2. The highest BCUT2D eigenvalue weighted by Gasteiger charge is 2.25. The molecule has 1 aromatic heterocycles. The monoisotopic (exact) mass is 336 g/mol. The largest absolute Gasteiger partial charge is 0.393 e. The van der Waals surface area contributed by atoms with Crippen LogP contribution in [0.1, 0.15) is 43.1 Å². The Morgan fingerprint density at radius 3 is 2.70 bits per heavy atom. The van der Waals surface area contributed by atoms with Gasteiger partial charge in [-0.05, 0) is 50.3 Å². The predicted octanol–water partition coefficient (Wildman–Crippen LogP) is 3.83. The third-order valence-electron chi connectivity index (χ3n) is 3.85. The summed E-state index contributed by atoms with van der Waals surface area (Å²) in [5, 5.41) is 13.6. The van der Waals surface area contributed by atoms with E-state index in [1.165, 1.54) is 5.56 Å². The van der Waals surface area contributed by atoms with Crippen molar-refractivity contribution in [1.82, 2.24) is 10.1 Å². The van der Waals surface area contributed by atoms with Crippen LogP contribution in [0.5, 0.6) is 0 Å². The molecule has 20 heavy (non-hydrogen) atoms. The first-order chi connectivity index (χ1) is 9.63. The topological polar surface area (TPSA) is 59.2 Å². The molecule has 2 aromatic rings. The summed E-state index contributed by atoms with van der Waals surface area (Å²) in [4.78, 5) is 4.53. The lowest BCUT2D eigenvalue weighted by Gasteiger charge is -2.22. The normalized spacial score (nSPS) is 22.9. The summed E-state index contributed by atoms with van der Waals surface area (Å²) in [5.41, 5.74) is 2.13. The van der Waals surface area contributed by atoms with Gasteiger partial charge in [-0.3, -0.25) is 0 Å². The van der Waals surface area contributed by atoms with Gasteiger partial charge in [0, 0.05) is 16.0 Å². The van der Waals surface area contributed by atoms with Crippen LogP contribution in [0.3, 0.4) is 0 Å². The van der Waals surface area contributed by atoms with Crippen molar-refractivity contribution in [3.05, 3.63) is 34.1 Å². The van der Waals surface area contributed by atoms with E-state index in [1.807, 2.05) is 25.1 Å². The summed E-state index contributed by atoms with van der Waals surface area (Å²) in [6, 6.07) is 6.08. The number of benzene rings is 1. The number of aryl methyl sites for hydroxylation is 1. The molecule has 1 saturated carbocycles. The van der Waals surface area contributed by atoms with E-state index in [2.05, 4.69) is 26.1 Å². The summed E-state index contributed by atoms with van der Waals surface area (Å²) >= 11 is 3.54. The molecule has 0 radical (unpaired) electrons. The predicted molar refractivity (Wildman–Crippen MR) is 79.4 cm³/mol. The van der Waals surface area contributed by atoms with E-state index in [-0.39, 0.29) is 12.0 Å². The lowest BCUT2D eigenvalue weighted by molar-refractivity contribution is 0.116. The summed E-state index contributed by atoms with van der Waals surface area (Å²) in [7, 11) is 0. The molecular weight excluding hydrogens is 320 g/mol. The Labute approximate surface area is 126 Å². The van der Waals surface area contributed by atoms with Crippen LogP contribution in [0, 0.1) is 6.92 Å². The Morgan fingerprint density at radius 1 is 1.25 bits per heavy atom. The molecule has 4 nitrogen and oxygen atoms in total. The van der Waals surface area contributed by atoms with Crippen molar-refractivity contribution < 1.29 is 9.63 Å². The molecule has 3 rings (SSSR count). The standard InChI is InChI=1S/C15H17BrN2O2/c1-9-2-7-12(13(16)8-9)14-17-15(20-18-14)10-3-5-11(19)6-4-10/h2,7-8,10-11,19H,3-6H2,1H3. The Balaban J connectivity index is 1.83. The lowest BCUT2D eigenvalue weighted by atomic mass is 9.87. The van der Waals surface area contributed by atoms with Gasteiger partial charge in [-0.1, -0.05) is 27.2 Å². The molecule has 106 valence electrons. The molecule has 1 aliphatic rings. The number of nitrogens with zero attached hydrogens (tertiary/aromatic N) is 2. The van der Waals surface area contributed by atoms with Crippen molar-refractivity contribution in [3.8, 4) is 11.4 Å². The fraction of sp³-hybridized carbons (Fsp3) is 0.467. The minimum Gasteiger partial charge on any atom is -0.393 e. The second-order valence-electron chi connectivity index (χ2n) is 5.44. The smallest absolute Gasteiger partial charge is 0.230 e. The minimum absolute atomic E-state index is 0.167. The zero-order chi connectivity index (χ0) is 14.1. The maximum absolute atomic E-state index is 9.55. The molecule has 0 unspecified atom stereocenters.